The lowest BCUT2D eigenvalue weighted by Crippen LogP contribution is -2.54. The van der Waals surface area contributed by atoms with Gasteiger partial charge in [-0.15, -0.1) is 0 Å². The highest BCUT2D eigenvalue weighted by molar-refractivity contribution is 5.85. The summed E-state index contributed by atoms with van der Waals surface area (Å²) in [5.41, 5.74) is 0.821. The number of nitrogens with one attached hydrogen (secondary N) is 1. The number of urea groups is 1. The SMILES string of the molecule is Cc1cc(C)n(CCCNC(=O)N(C)C(C)(C)C(=O)O)n1. The quantitative estimate of drug-likeness (QED) is 0.777. The van der Waals surface area contributed by atoms with Gasteiger partial charge in [-0.05, 0) is 40.2 Å². The molecule has 2 N–H and O–H groups in total. The van der Waals surface area contributed by atoms with Crippen LogP contribution in [0.3, 0.4) is 0 Å². The predicted molar refractivity (Wildman–Crippen MR) is 79.2 cm³/mol. The summed E-state index contributed by atoms with van der Waals surface area (Å²) in [5, 5.41) is 16.1. The summed E-state index contributed by atoms with van der Waals surface area (Å²) in [4.78, 5) is 24.2. The summed E-state index contributed by atoms with van der Waals surface area (Å²) in [5.74, 6) is -1.04. The number of aryl methyl sites for hydroxylation is 3. The number of aliphatic carboxylic acids is 1. The molecule has 0 atom stereocenters. The molecule has 21 heavy (non-hydrogen) atoms. The lowest BCUT2D eigenvalue weighted by Gasteiger charge is -2.31. The molecule has 118 valence electrons. The number of hydrogen-bond donors (Lipinski definition) is 2. The smallest absolute Gasteiger partial charge is 0.329 e. The molecule has 0 aliphatic rings. The molecule has 0 spiro atoms. The number of rotatable bonds is 6. The number of carboxylic acid groups (broad SMARTS) is 1. The average Bonchev–Trinajstić information content (AvgIpc) is 2.71. The van der Waals surface area contributed by atoms with E-state index in [0.29, 0.717) is 13.1 Å². The van der Waals surface area contributed by atoms with Crippen LogP contribution in [0.15, 0.2) is 6.07 Å². The topological polar surface area (TPSA) is 87.5 Å². The summed E-state index contributed by atoms with van der Waals surface area (Å²) in [6.07, 6.45) is 0.731. The molecule has 0 saturated heterocycles. The van der Waals surface area contributed by atoms with Crippen molar-refractivity contribution >= 4 is 12.0 Å². The van der Waals surface area contributed by atoms with Gasteiger partial charge in [0.1, 0.15) is 5.54 Å². The largest absolute Gasteiger partial charge is 0.480 e. The summed E-state index contributed by atoms with van der Waals surface area (Å²) in [7, 11) is 1.48. The zero-order valence-corrected chi connectivity index (χ0v) is 13.3. The third-order valence-corrected chi connectivity index (χ3v) is 3.59. The van der Waals surface area contributed by atoms with Crippen molar-refractivity contribution in [2.45, 2.75) is 46.2 Å². The number of aromatic nitrogens is 2. The Balaban J connectivity index is 2.40. The van der Waals surface area contributed by atoms with Crippen LogP contribution >= 0.6 is 0 Å². The lowest BCUT2D eigenvalue weighted by molar-refractivity contribution is -0.146. The molecule has 0 bridgehead atoms. The Morgan fingerprint density at radius 1 is 1.43 bits per heavy atom. The van der Waals surface area contributed by atoms with E-state index in [2.05, 4.69) is 10.4 Å². The zero-order valence-electron chi connectivity index (χ0n) is 13.3. The Morgan fingerprint density at radius 3 is 2.52 bits per heavy atom. The van der Waals surface area contributed by atoms with Crippen molar-refractivity contribution in [3.8, 4) is 0 Å². The van der Waals surface area contributed by atoms with Gasteiger partial charge in [0.15, 0.2) is 0 Å². The molecule has 1 aromatic heterocycles. The highest BCUT2D eigenvalue weighted by Gasteiger charge is 2.34. The molecule has 0 aliphatic carbocycles. The minimum absolute atomic E-state index is 0.393. The van der Waals surface area contributed by atoms with Gasteiger partial charge in [-0.2, -0.15) is 5.10 Å². The Labute approximate surface area is 124 Å². The van der Waals surface area contributed by atoms with Crippen molar-refractivity contribution in [3.05, 3.63) is 17.5 Å². The molecule has 7 heteroatoms. The van der Waals surface area contributed by atoms with Crippen LogP contribution in [0, 0.1) is 13.8 Å². The summed E-state index contributed by atoms with van der Waals surface area (Å²) in [6, 6.07) is 1.61. The van der Waals surface area contributed by atoms with Gasteiger partial charge < -0.3 is 15.3 Å². The van der Waals surface area contributed by atoms with Crippen LogP contribution < -0.4 is 5.32 Å². The number of likely N-dealkylation sites (N-methyl/N-ethyl adjacent to an activating group) is 1. The molecule has 0 fully saturated rings. The summed E-state index contributed by atoms with van der Waals surface area (Å²) >= 11 is 0. The van der Waals surface area contributed by atoms with Crippen molar-refractivity contribution in [2.75, 3.05) is 13.6 Å². The molecule has 1 rings (SSSR count). The maximum Gasteiger partial charge on any atom is 0.329 e. The second-order valence-corrected chi connectivity index (χ2v) is 5.66. The minimum Gasteiger partial charge on any atom is -0.480 e. The van der Waals surface area contributed by atoms with Crippen LogP contribution in [0.1, 0.15) is 31.7 Å². The molecule has 1 heterocycles. The van der Waals surface area contributed by atoms with Gasteiger partial charge in [0, 0.05) is 25.8 Å². The van der Waals surface area contributed by atoms with Crippen molar-refractivity contribution in [3.63, 3.8) is 0 Å². The van der Waals surface area contributed by atoms with Crippen LogP contribution in [0.4, 0.5) is 4.79 Å². The second-order valence-electron chi connectivity index (χ2n) is 5.66. The molecule has 7 nitrogen and oxygen atoms in total. The summed E-state index contributed by atoms with van der Waals surface area (Å²) < 4.78 is 1.90. The maximum absolute atomic E-state index is 11.9. The predicted octanol–water partition coefficient (Wildman–Crippen LogP) is 1.39. The molecule has 1 aromatic rings. The fourth-order valence-corrected chi connectivity index (χ4v) is 1.84. The summed E-state index contributed by atoms with van der Waals surface area (Å²) in [6.45, 7) is 8.09. The number of carbonyl (C=O) groups excluding carboxylic acids is 1. The lowest BCUT2D eigenvalue weighted by atomic mass is 10.1. The first-order valence-corrected chi connectivity index (χ1v) is 6.92. The standard InChI is InChI=1S/C14H24N4O3/c1-10-9-11(2)18(16-10)8-6-7-15-13(21)17(5)14(3,4)12(19)20/h9H,6-8H2,1-5H3,(H,15,21)(H,19,20). The van der Waals surface area contributed by atoms with E-state index in [4.69, 9.17) is 5.11 Å². The van der Waals surface area contributed by atoms with Crippen LogP contribution in [-0.2, 0) is 11.3 Å². The van der Waals surface area contributed by atoms with E-state index in [1.165, 1.54) is 25.8 Å². The first kappa shape index (κ1) is 17.0. The van der Waals surface area contributed by atoms with Crippen LogP contribution in [-0.4, -0.2) is 50.9 Å². The molecule has 2 amide bonds. The number of hydrogen-bond acceptors (Lipinski definition) is 3. The molecule has 0 aliphatic heterocycles. The highest BCUT2D eigenvalue weighted by atomic mass is 16.4. The van der Waals surface area contributed by atoms with Gasteiger partial charge in [0.25, 0.3) is 0 Å². The van der Waals surface area contributed by atoms with Gasteiger partial charge in [-0.3, -0.25) is 4.68 Å². The van der Waals surface area contributed by atoms with Gasteiger partial charge in [0.2, 0.25) is 0 Å². The van der Waals surface area contributed by atoms with Crippen LogP contribution in [0.25, 0.3) is 0 Å². The Kier molecular flexibility index (Phi) is 5.34. The fourth-order valence-electron chi connectivity index (χ4n) is 1.84. The van der Waals surface area contributed by atoms with Gasteiger partial charge >= 0.3 is 12.0 Å². The molecule has 0 saturated carbocycles. The van der Waals surface area contributed by atoms with Crippen molar-refractivity contribution < 1.29 is 14.7 Å². The third-order valence-electron chi connectivity index (χ3n) is 3.59. The monoisotopic (exact) mass is 296 g/mol. The van der Waals surface area contributed by atoms with E-state index in [9.17, 15) is 9.59 Å². The van der Waals surface area contributed by atoms with Crippen LogP contribution in [0.5, 0.6) is 0 Å². The van der Waals surface area contributed by atoms with E-state index in [-0.39, 0.29) is 0 Å². The normalized spacial score (nSPS) is 11.3. The first-order valence-electron chi connectivity index (χ1n) is 6.92. The first-order chi connectivity index (χ1) is 9.66. The Morgan fingerprint density at radius 2 is 2.05 bits per heavy atom. The van der Waals surface area contributed by atoms with Crippen molar-refractivity contribution in [1.82, 2.24) is 20.0 Å². The molecule has 0 aromatic carbocycles. The Hall–Kier alpha value is -2.05. The molecule has 0 radical (unpaired) electrons. The second kappa shape index (κ2) is 6.60. The fraction of sp³-hybridized carbons (Fsp3) is 0.643. The van der Waals surface area contributed by atoms with Crippen molar-refractivity contribution in [1.29, 1.82) is 0 Å². The van der Waals surface area contributed by atoms with E-state index in [0.717, 1.165) is 17.8 Å². The minimum atomic E-state index is -1.24. The third kappa shape index (κ3) is 4.21. The van der Waals surface area contributed by atoms with E-state index in [1.54, 1.807) is 0 Å². The van der Waals surface area contributed by atoms with Gasteiger partial charge in [-0.1, -0.05) is 0 Å². The Bertz CT molecular complexity index is 522. The number of amides is 2. The molecule has 0 unspecified atom stereocenters. The van der Waals surface area contributed by atoms with E-state index in [1.807, 2.05) is 24.6 Å². The maximum atomic E-state index is 11.9. The van der Waals surface area contributed by atoms with E-state index >= 15 is 0 Å². The molecular formula is C14H24N4O3. The number of carbonyl (C=O) groups is 2. The average molecular weight is 296 g/mol. The highest BCUT2D eigenvalue weighted by Crippen LogP contribution is 2.12. The van der Waals surface area contributed by atoms with Crippen molar-refractivity contribution in [2.24, 2.45) is 0 Å². The van der Waals surface area contributed by atoms with Crippen LogP contribution in [0.2, 0.25) is 0 Å². The zero-order chi connectivity index (χ0) is 16.2. The van der Waals surface area contributed by atoms with E-state index < -0.39 is 17.5 Å². The van der Waals surface area contributed by atoms with Gasteiger partial charge in [0.05, 0.1) is 5.69 Å². The molecular weight excluding hydrogens is 272 g/mol. The van der Waals surface area contributed by atoms with Gasteiger partial charge in [-0.25, -0.2) is 9.59 Å². The number of nitrogens with zero attached hydrogens (tertiary/aromatic N) is 3. The number of carboxylic acids is 1.